The number of nitrogens with zero attached hydrogens (tertiary/aromatic N) is 1. The zero-order valence-corrected chi connectivity index (χ0v) is 18.4. The Hall–Kier alpha value is -2.41. The molecule has 1 atom stereocenters. The minimum Gasteiger partial charge on any atom is -0.491 e. The Balaban J connectivity index is 1.18. The molecule has 2 aromatic carbocycles. The third kappa shape index (κ3) is 6.79. The van der Waals surface area contributed by atoms with Crippen molar-refractivity contribution in [3.05, 3.63) is 59.9 Å². The lowest BCUT2D eigenvalue weighted by atomic mass is 10.2. The van der Waals surface area contributed by atoms with Gasteiger partial charge in [-0.25, -0.2) is 4.98 Å². The zero-order chi connectivity index (χ0) is 21.3. The second-order valence-electron chi connectivity index (χ2n) is 8.71. The summed E-state index contributed by atoms with van der Waals surface area (Å²) in [6.07, 6.45) is 5.72. The summed E-state index contributed by atoms with van der Waals surface area (Å²) in [6.45, 7) is 5.38. The van der Waals surface area contributed by atoms with Crippen molar-refractivity contribution in [3.8, 4) is 5.75 Å². The van der Waals surface area contributed by atoms with E-state index in [2.05, 4.69) is 33.5 Å². The summed E-state index contributed by atoms with van der Waals surface area (Å²) in [4.78, 5) is 9.54. The Morgan fingerprint density at radius 1 is 1.06 bits per heavy atom. The molecule has 6 heteroatoms. The van der Waals surface area contributed by atoms with Gasteiger partial charge in [-0.05, 0) is 49.9 Å². The molecule has 0 aliphatic carbocycles. The fourth-order valence-electron chi connectivity index (χ4n) is 4.41. The second kappa shape index (κ2) is 11.3. The van der Waals surface area contributed by atoms with Gasteiger partial charge in [0.25, 0.3) is 0 Å². The summed E-state index contributed by atoms with van der Waals surface area (Å²) in [7, 11) is 0. The number of fused-ring (bicyclic) bond motifs is 1. The van der Waals surface area contributed by atoms with Crippen LogP contribution in [0.25, 0.3) is 11.0 Å². The monoisotopic (exact) mass is 424 g/mol. The maximum Gasteiger partial charge on any atom is 0.137 e. The molecule has 0 radical (unpaired) electrons. The Kier molecular flexibility index (Phi) is 7.93. The van der Waals surface area contributed by atoms with Gasteiger partial charge in [0.1, 0.15) is 37.4 Å². The minimum atomic E-state index is -0.410. The van der Waals surface area contributed by atoms with Crippen molar-refractivity contribution >= 4 is 11.0 Å². The quantitative estimate of drug-likeness (QED) is 0.368. The van der Waals surface area contributed by atoms with E-state index in [-0.39, 0.29) is 0 Å². The smallest absolute Gasteiger partial charge is 0.137 e. The van der Waals surface area contributed by atoms with E-state index in [1.54, 1.807) is 0 Å². The van der Waals surface area contributed by atoms with Gasteiger partial charge in [0.05, 0.1) is 37.1 Å². The molecule has 1 aliphatic heterocycles. The van der Waals surface area contributed by atoms with Crippen molar-refractivity contribution in [1.82, 2.24) is 9.97 Å². The first-order valence-corrected chi connectivity index (χ1v) is 11.7. The molecular weight excluding hydrogens is 388 g/mol. The molecule has 6 nitrogen and oxygen atoms in total. The molecule has 31 heavy (non-hydrogen) atoms. The number of aliphatic hydroxyl groups is 1. The molecule has 1 unspecified atom stereocenters. The van der Waals surface area contributed by atoms with E-state index in [1.807, 2.05) is 30.3 Å². The van der Waals surface area contributed by atoms with Crippen LogP contribution in [0.2, 0.25) is 0 Å². The van der Waals surface area contributed by atoms with Gasteiger partial charge >= 0.3 is 0 Å². The van der Waals surface area contributed by atoms with Crippen LogP contribution in [-0.4, -0.2) is 54.0 Å². The number of rotatable bonds is 10. The molecule has 2 heterocycles. The molecule has 0 spiro atoms. The van der Waals surface area contributed by atoms with E-state index >= 15 is 0 Å². The van der Waals surface area contributed by atoms with E-state index in [0.717, 1.165) is 48.7 Å². The first kappa shape index (κ1) is 21.8. The lowest BCUT2D eigenvalue weighted by Crippen LogP contribution is -3.13. The number of hydrogen-bond acceptors (Lipinski definition) is 3. The van der Waals surface area contributed by atoms with Gasteiger partial charge in [-0.15, -0.1) is 0 Å². The molecule has 1 aromatic heterocycles. The minimum absolute atomic E-state index is 0.364. The van der Waals surface area contributed by atoms with Gasteiger partial charge in [-0.3, -0.25) is 0 Å². The van der Waals surface area contributed by atoms with Crippen LogP contribution in [0, 0.1) is 0 Å². The van der Waals surface area contributed by atoms with E-state index in [0.29, 0.717) is 6.61 Å². The van der Waals surface area contributed by atoms with E-state index in [9.17, 15) is 5.11 Å². The predicted molar refractivity (Wildman–Crippen MR) is 122 cm³/mol. The van der Waals surface area contributed by atoms with Gasteiger partial charge in [-0.1, -0.05) is 24.3 Å². The van der Waals surface area contributed by atoms with Crippen molar-refractivity contribution in [2.24, 2.45) is 0 Å². The van der Waals surface area contributed by atoms with E-state index in [4.69, 9.17) is 4.74 Å². The van der Waals surface area contributed by atoms with Crippen LogP contribution in [0.15, 0.2) is 48.5 Å². The molecule has 1 saturated heterocycles. The number of imidazole rings is 1. The summed E-state index contributed by atoms with van der Waals surface area (Å²) >= 11 is 0. The number of likely N-dealkylation sites (tertiary alicyclic amines) is 1. The Morgan fingerprint density at radius 2 is 1.90 bits per heavy atom. The fraction of sp³-hybridized carbons (Fsp3) is 0.480. The van der Waals surface area contributed by atoms with Crippen molar-refractivity contribution < 1.29 is 20.1 Å². The van der Waals surface area contributed by atoms with Crippen LogP contribution in [0.3, 0.4) is 0 Å². The van der Waals surface area contributed by atoms with Crippen molar-refractivity contribution in [2.75, 3.05) is 32.8 Å². The highest BCUT2D eigenvalue weighted by molar-refractivity contribution is 5.74. The SMILES string of the molecule is OC(COc1cccc(C[NH2+]CCc2nc3ccccc3[nH]2)c1)C[NH+]1CCCCCC1. The highest BCUT2D eigenvalue weighted by atomic mass is 16.5. The summed E-state index contributed by atoms with van der Waals surface area (Å²) in [6, 6.07) is 16.4. The molecule has 1 fully saturated rings. The molecule has 0 amide bonds. The summed E-state index contributed by atoms with van der Waals surface area (Å²) < 4.78 is 5.90. The third-order valence-corrected chi connectivity index (χ3v) is 6.08. The van der Waals surface area contributed by atoms with Crippen LogP contribution in [0.5, 0.6) is 5.75 Å². The molecule has 5 N–H and O–H groups in total. The molecule has 0 saturated carbocycles. The van der Waals surface area contributed by atoms with Crippen LogP contribution in [0.4, 0.5) is 0 Å². The van der Waals surface area contributed by atoms with Gasteiger partial charge in [0.15, 0.2) is 0 Å². The van der Waals surface area contributed by atoms with Gasteiger partial charge in [0, 0.05) is 5.56 Å². The Bertz CT molecular complexity index is 901. The number of aliphatic hydroxyl groups excluding tert-OH is 1. The number of benzene rings is 2. The molecule has 0 bridgehead atoms. The first-order chi connectivity index (χ1) is 15.3. The number of quaternary nitrogens is 2. The number of H-pyrrole nitrogens is 1. The van der Waals surface area contributed by atoms with Gasteiger partial charge < -0.3 is 25.0 Å². The largest absolute Gasteiger partial charge is 0.491 e. The van der Waals surface area contributed by atoms with Crippen molar-refractivity contribution in [2.45, 2.75) is 44.8 Å². The maximum absolute atomic E-state index is 10.4. The van der Waals surface area contributed by atoms with Crippen LogP contribution < -0.4 is 15.0 Å². The summed E-state index contributed by atoms with van der Waals surface area (Å²) in [5.41, 5.74) is 3.36. The van der Waals surface area contributed by atoms with Gasteiger partial charge in [-0.2, -0.15) is 0 Å². The number of aromatic amines is 1. The molecular formula is C25H36N4O2+2. The van der Waals surface area contributed by atoms with E-state index < -0.39 is 6.10 Å². The highest BCUT2D eigenvalue weighted by Gasteiger charge is 2.17. The lowest BCUT2D eigenvalue weighted by Gasteiger charge is -2.20. The first-order valence-electron chi connectivity index (χ1n) is 11.7. The molecule has 1 aliphatic rings. The van der Waals surface area contributed by atoms with Gasteiger partial charge in [0.2, 0.25) is 0 Å². The summed E-state index contributed by atoms with van der Waals surface area (Å²) in [5, 5.41) is 12.7. The number of nitrogens with one attached hydrogen (secondary N) is 2. The zero-order valence-electron chi connectivity index (χ0n) is 18.4. The average Bonchev–Trinajstić information content (AvgIpc) is 3.03. The number of ether oxygens (including phenoxy) is 1. The second-order valence-corrected chi connectivity index (χ2v) is 8.71. The standard InChI is InChI=1S/C25H34N4O2/c30-21(18-29-14-5-1-2-6-15-29)19-31-22-9-7-8-20(16-22)17-26-13-12-25-27-23-10-3-4-11-24(23)28-25/h3-4,7-11,16,21,26,30H,1-2,5-6,12-15,17-19H2,(H,27,28)/p+2. The topological polar surface area (TPSA) is 79.2 Å². The lowest BCUT2D eigenvalue weighted by molar-refractivity contribution is -0.902. The van der Waals surface area contributed by atoms with Crippen molar-refractivity contribution in [1.29, 1.82) is 0 Å². The van der Waals surface area contributed by atoms with Crippen LogP contribution in [-0.2, 0) is 13.0 Å². The molecule has 4 rings (SSSR count). The van der Waals surface area contributed by atoms with Crippen molar-refractivity contribution in [3.63, 3.8) is 0 Å². The highest BCUT2D eigenvalue weighted by Crippen LogP contribution is 2.13. The average molecular weight is 425 g/mol. The third-order valence-electron chi connectivity index (χ3n) is 6.08. The molecule has 166 valence electrons. The number of nitrogens with two attached hydrogens (primary N) is 1. The fourth-order valence-corrected chi connectivity index (χ4v) is 4.41. The predicted octanol–water partition coefficient (Wildman–Crippen LogP) is 1.07. The number of aromatic nitrogens is 2. The Morgan fingerprint density at radius 3 is 2.74 bits per heavy atom. The Labute approximate surface area is 184 Å². The maximum atomic E-state index is 10.4. The number of para-hydroxylation sites is 2. The molecule has 3 aromatic rings. The van der Waals surface area contributed by atoms with Crippen LogP contribution in [0.1, 0.15) is 37.1 Å². The van der Waals surface area contributed by atoms with E-state index in [1.165, 1.54) is 49.2 Å². The normalized spacial score (nSPS) is 16.3. The van der Waals surface area contributed by atoms with Crippen LogP contribution >= 0.6 is 0 Å². The number of hydrogen-bond donors (Lipinski definition) is 4. The summed E-state index contributed by atoms with van der Waals surface area (Å²) in [5.74, 6) is 1.88.